The van der Waals surface area contributed by atoms with Gasteiger partial charge in [-0.2, -0.15) is 0 Å². The van der Waals surface area contributed by atoms with Crippen LogP contribution >= 0.6 is 0 Å². The van der Waals surface area contributed by atoms with Crippen LogP contribution in [-0.4, -0.2) is 30.9 Å². The molecule has 1 aromatic carbocycles. The molecule has 2 aliphatic heterocycles. The molecule has 1 aromatic rings. The fourth-order valence-electron chi connectivity index (χ4n) is 3.10. The molecular formula is C17H23N3O2. The van der Waals surface area contributed by atoms with E-state index in [4.69, 9.17) is 0 Å². The highest BCUT2D eigenvalue weighted by atomic mass is 16.2. The monoisotopic (exact) mass is 301 g/mol. The van der Waals surface area contributed by atoms with Crippen LogP contribution < -0.4 is 15.5 Å². The van der Waals surface area contributed by atoms with Crippen LogP contribution in [0.2, 0.25) is 0 Å². The number of nitrogens with zero attached hydrogens (tertiary/aromatic N) is 1. The summed E-state index contributed by atoms with van der Waals surface area (Å²) in [6.07, 6.45) is 4.77. The zero-order valence-corrected chi connectivity index (χ0v) is 12.8. The number of benzene rings is 1. The Morgan fingerprint density at radius 2 is 2.05 bits per heavy atom. The smallest absolute Gasteiger partial charge is 0.237 e. The Kier molecular flexibility index (Phi) is 4.73. The highest BCUT2D eigenvalue weighted by Crippen LogP contribution is 2.21. The van der Waals surface area contributed by atoms with E-state index in [-0.39, 0.29) is 17.9 Å². The summed E-state index contributed by atoms with van der Waals surface area (Å²) in [5.74, 6) is 0.280. The van der Waals surface area contributed by atoms with Gasteiger partial charge in [0.1, 0.15) is 0 Å². The van der Waals surface area contributed by atoms with E-state index in [1.165, 1.54) is 0 Å². The largest absolute Gasteiger partial charge is 0.351 e. The van der Waals surface area contributed by atoms with Gasteiger partial charge in [0, 0.05) is 25.2 Å². The molecule has 5 heteroatoms. The van der Waals surface area contributed by atoms with Crippen molar-refractivity contribution in [1.82, 2.24) is 10.6 Å². The first-order chi connectivity index (χ1) is 10.7. The number of piperidine rings is 1. The molecule has 0 aliphatic carbocycles. The lowest BCUT2D eigenvalue weighted by Gasteiger charge is -2.22. The molecule has 1 unspecified atom stereocenters. The van der Waals surface area contributed by atoms with E-state index in [1.807, 2.05) is 29.2 Å². The Bertz CT molecular complexity index is 535. The fourth-order valence-corrected chi connectivity index (χ4v) is 3.10. The van der Waals surface area contributed by atoms with Crippen molar-refractivity contribution in [1.29, 1.82) is 0 Å². The zero-order valence-electron chi connectivity index (χ0n) is 12.8. The van der Waals surface area contributed by atoms with Gasteiger partial charge < -0.3 is 15.5 Å². The number of rotatable bonds is 4. The lowest BCUT2D eigenvalue weighted by molar-refractivity contribution is -0.123. The third-order valence-corrected chi connectivity index (χ3v) is 4.41. The van der Waals surface area contributed by atoms with Gasteiger partial charge in [-0.15, -0.1) is 0 Å². The molecule has 3 rings (SSSR count). The summed E-state index contributed by atoms with van der Waals surface area (Å²) in [4.78, 5) is 25.6. The van der Waals surface area contributed by atoms with Gasteiger partial charge in [0.05, 0.1) is 6.04 Å². The third-order valence-electron chi connectivity index (χ3n) is 4.41. The van der Waals surface area contributed by atoms with Gasteiger partial charge in [-0.3, -0.25) is 9.59 Å². The van der Waals surface area contributed by atoms with E-state index in [1.54, 1.807) is 0 Å². The molecule has 2 fully saturated rings. The van der Waals surface area contributed by atoms with Crippen molar-refractivity contribution >= 4 is 17.5 Å². The van der Waals surface area contributed by atoms with E-state index >= 15 is 0 Å². The molecule has 0 aromatic heterocycles. The van der Waals surface area contributed by atoms with Crippen LogP contribution in [0.1, 0.15) is 37.7 Å². The molecule has 0 spiro atoms. The van der Waals surface area contributed by atoms with Gasteiger partial charge in [0.15, 0.2) is 0 Å². The van der Waals surface area contributed by atoms with Crippen molar-refractivity contribution < 1.29 is 9.59 Å². The predicted molar refractivity (Wildman–Crippen MR) is 85.5 cm³/mol. The second-order valence-electron chi connectivity index (χ2n) is 6.04. The van der Waals surface area contributed by atoms with Crippen LogP contribution in [0.3, 0.4) is 0 Å². The molecule has 0 saturated carbocycles. The number of nitrogens with one attached hydrogen (secondary N) is 2. The second kappa shape index (κ2) is 6.92. The van der Waals surface area contributed by atoms with Gasteiger partial charge in [0.2, 0.25) is 11.8 Å². The van der Waals surface area contributed by atoms with Crippen LogP contribution in [0.25, 0.3) is 0 Å². The summed E-state index contributed by atoms with van der Waals surface area (Å²) in [6, 6.07) is 7.84. The van der Waals surface area contributed by atoms with Crippen LogP contribution in [0.5, 0.6) is 0 Å². The molecule has 0 bridgehead atoms. The number of hydrogen-bond acceptors (Lipinski definition) is 3. The summed E-state index contributed by atoms with van der Waals surface area (Å²) in [5.41, 5.74) is 2.01. The number of amides is 2. The molecule has 2 N–H and O–H groups in total. The van der Waals surface area contributed by atoms with Crippen molar-refractivity contribution in [3.63, 3.8) is 0 Å². The van der Waals surface area contributed by atoms with Crippen LogP contribution in [0.15, 0.2) is 24.3 Å². The number of anilines is 1. The normalized spacial score (nSPS) is 21.9. The Labute approximate surface area is 131 Å². The van der Waals surface area contributed by atoms with Gasteiger partial charge in [-0.05, 0) is 43.5 Å². The summed E-state index contributed by atoms with van der Waals surface area (Å²) in [6.45, 7) is 2.27. The third kappa shape index (κ3) is 3.47. The predicted octanol–water partition coefficient (Wildman–Crippen LogP) is 1.57. The SMILES string of the molecule is O=C(NCc1ccc(N2CCCC2=O)cc1)C1CCCCN1. The number of carbonyl (C=O) groups is 2. The van der Waals surface area contributed by atoms with E-state index < -0.39 is 0 Å². The minimum absolute atomic E-state index is 0.0461. The number of carbonyl (C=O) groups excluding carboxylic acids is 2. The first-order valence-corrected chi connectivity index (χ1v) is 8.14. The van der Waals surface area contributed by atoms with Crippen molar-refractivity contribution in [2.75, 3.05) is 18.0 Å². The molecule has 5 nitrogen and oxygen atoms in total. The lowest BCUT2D eigenvalue weighted by atomic mass is 10.0. The van der Waals surface area contributed by atoms with Crippen LogP contribution in [0.4, 0.5) is 5.69 Å². The van der Waals surface area contributed by atoms with Gasteiger partial charge in [-0.1, -0.05) is 18.6 Å². The lowest BCUT2D eigenvalue weighted by Crippen LogP contribution is -2.46. The van der Waals surface area contributed by atoms with Crippen molar-refractivity contribution in [2.24, 2.45) is 0 Å². The Hall–Kier alpha value is -1.88. The topological polar surface area (TPSA) is 61.4 Å². The summed E-state index contributed by atoms with van der Waals surface area (Å²) in [7, 11) is 0. The molecule has 1 atom stereocenters. The quantitative estimate of drug-likeness (QED) is 0.887. The highest BCUT2D eigenvalue weighted by molar-refractivity contribution is 5.95. The van der Waals surface area contributed by atoms with Crippen LogP contribution in [0, 0.1) is 0 Å². The summed E-state index contributed by atoms with van der Waals surface area (Å²) < 4.78 is 0. The molecule has 2 heterocycles. The van der Waals surface area contributed by atoms with Crippen molar-refractivity contribution in [3.05, 3.63) is 29.8 Å². The van der Waals surface area contributed by atoms with Gasteiger partial charge in [-0.25, -0.2) is 0 Å². The molecule has 2 aliphatic rings. The first-order valence-electron chi connectivity index (χ1n) is 8.14. The average Bonchev–Trinajstić information content (AvgIpc) is 3.00. The number of hydrogen-bond donors (Lipinski definition) is 2. The Morgan fingerprint density at radius 3 is 2.68 bits per heavy atom. The molecule has 118 valence electrons. The zero-order chi connectivity index (χ0) is 15.4. The molecule has 0 radical (unpaired) electrons. The highest BCUT2D eigenvalue weighted by Gasteiger charge is 2.22. The van der Waals surface area contributed by atoms with Gasteiger partial charge in [0.25, 0.3) is 0 Å². The molecule has 2 saturated heterocycles. The summed E-state index contributed by atoms with van der Waals surface area (Å²) in [5, 5.41) is 6.23. The maximum absolute atomic E-state index is 12.1. The summed E-state index contributed by atoms with van der Waals surface area (Å²) >= 11 is 0. The van der Waals surface area contributed by atoms with Crippen molar-refractivity contribution in [3.8, 4) is 0 Å². The second-order valence-corrected chi connectivity index (χ2v) is 6.04. The van der Waals surface area contributed by atoms with Crippen molar-refractivity contribution in [2.45, 2.75) is 44.7 Å². The molecular weight excluding hydrogens is 278 g/mol. The maximum Gasteiger partial charge on any atom is 0.237 e. The van der Waals surface area contributed by atoms with E-state index in [0.29, 0.717) is 13.0 Å². The van der Waals surface area contributed by atoms with E-state index in [0.717, 1.165) is 50.0 Å². The van der Waals surface area contributed by atoms with E-state index in [9.17, 15) is 9.59 Å². The average molecular weight is 301 g/mol. The maximum atomic E-state index is 12.1. The minimum Gasteiger partial charge on any atom is -0.351 e. The standard InChI is InChI=1S/C17H23N3O2/c21-16-5-3-11-20(16)14-8-6-13(7-9-14)12-19-17(22)15-4-1-2-10-18-15/h6-9,15,18H,1-5,10-12H2,(H,19,22). The van der Waals surface area contributed by atoms with Crippen LogP contribution in [-0.2, 0) is 16.1 Å². The van der Waals surface area contributed by atoms with Gasteiger partial charge >= 0.3 is 0 Å². The fraction of sp³-hybridized carbons (Fsp3) is 0.529. The first kappa shape index (κ1) is 15.0. The minimum atomic E-state index is -0.0461. The Balaban J connectivity index is 1.52. The van der Waals surface area contributed by atoms with E-state index in [2.05, 4.69) is 10.6 Å². The Morgan fingerprint density at radius 1 is 1.23 bits per heavy atom. The molecule has 22 heavy (non-hydrogen) atoms. The molecule has 2 amide bonds.